The predicted molar refractivity (Wildman–Crippen MR) is 139 cm³/mol. The summed E-state index contributed by atoms with van der Waals surface area (Å²) in [6.07, 6.45) is 0. The van der Waals surface area contributed by atoms with Crippen LogP contribution in [0.4, 0.5) is 0 Å². The number of nitrogens with zero attached hydrogens (tertiary/aromatic N) is 2. The number of morpholine rings is 1. The molecule has 0 bridgehead atoms. The summed E-state index contributed by atoms with van der Waals surface area (Å²) in [7, 11) is -0.526. The predicted octanol–water partition coefficient (Wildman–Crippen LogP) is 1.27. The van der Waals surface area contributed by atoms with E-state index in [-0.39, 0.29) is 24.0 Å². The van der Waals surface area contributed by atoms with E-state index in [1.165, 1.54) is 40.6 Å². The van der Waals surface area contributed by atoms with Gasteiger partial charge in [0.15, 0.2) is 6.61 Å². The lowest BCUT2D eigenvalue weighted by molar-refractivity contribution is -0.142. The molecule has 0 spiro atoms. The zero-order valence-corrected chi connectivity index (χ0v) is 22.7. The molecule has 0 saturated carbocycles. The molecular formula is C26H35N3O8S. The highest BCUT2D eigenvalue weighted by Gasteiger charge is 2.28. The molecule has 38 heavy (non-hydrogen) atoms. The summed E-state index contributed by atoms with van der Waals surface area (Å²) in [5.74, 6) is 0.294. The Morgan fingerprint density at radius 1 is 1.03 bits per heavy atom. The van der Waals surface area contributed by atoms with Crippen LogP contribution in [-0.2, 0) is 35.6 Å². The van der Waals surface area contributed by atoms with Gasteiger partial charge in [0.2, 0.25) is 15.9 Å². The largest absolute Gasteiger partial charge is 0.497 e. The molecule has 11 nitrogen and oxygen atoms in total. The van der Waals surface area contributed by atoms with E-state index in [0.29, 0.717) is 51.0 Å². The monoisotopic (exact) mass is 549 g/mol. The van der Waals surface area contributed by atoms with Gasteiger partial charge in [-0.25, -0.2) is 8.42 Å². The molecule has 0 aromatic heterocycles. The molecule has 2 aromatic carbocycles. The topological polar surface area (TPSA) is 124 Å². The Morgan fingerprint density at radius 2 is 1.66 bits per heavy atom. The Kier molecular flexibility index (Phi) is 10.9. The van der Waals surface area contributed by atoms with Crippen LogP contribution in [0.1, 0.15) is 12.5 Å². The quantitative estimate of drug-likeness (QED) is 0.371. The Balaban J connectivity index is 1.67. The number of ether oxygens (including phenoxy) is 4. The van der Waals surface area contributed by atoms with Crippen molar-refractivity contribution in [3.05, 3.63) is 54.1 Å². The lowest BCUT2D eigenvalue weighted by atomic mass is 10.1. The number of benzene rings is 2. The van der Waals surface area contributed by atoms with E-state index in [1.807, 2.05) is 12.1 Å². The molecule has 1 unspecified atom stereocenters. The van der Waals surface area contributed by atoms with Gasteiger partial charge in [-0.2, -0.15) is 4.31 Å². The van der Waals surface area contributed by atoms with Gasteiger partial charge >= 0.3 is 0 Å². The van der Waals surface area contributed by atoms with Gasteiger partial charge in [0, 0.05) is 33.3 Å². The van der Waals surface area contributed by atoms with Crippen molar-refractivity contribution in [1.29, 1.82) is 0 Å². The second-order valence-corrected chi connectivity index (χ2v) is 10.5. The minimum atomic E-state index is -3.63. The van der Waals surface area contributed by atoms with Gasteiger partial charge in [-0.15, -0.1) is 0 Å². The van der Waals surface area contributed by atoms with Crippen LogP contribution >= 0.6 is 0 Å². The minimum absolute atomic E-state index is 0.139. The fraction of sp³-hybridized carbons (Fsp3) is 0.462. The average molecular weight is 550 g/mol. The van der Waals surface area contributed by atoms with Crippen molar-refractivity contribution in [1.82, 2.24) is 14.5 Å². The zero-order chi connectivity index (χ0) is 27.5. The van der Waals surface area contributed by atoms with E-state index < -0.39 is 22.0 Å². The van der Waals surface area contributed by atoms with E-state index in [2.05, 4.69) is 5.32 Å². The van der Waals surface area contributed by atoms with Crippen LogP contribution in [0.2, 0.25) is 0 Å². The number of sulfonamides is 1. The van der Waals surface area contributed by atoms with E-state index in [0.717, 1.165) is 5.56 Å². The smallest absolute Gasteiger partial charge is 0.261 e. The van der Waals surface area contributed by atoms with Crippen LogP contribution < -0.4 is 14.8 Å². The maximum absolute atomic E-state index is 13.2. The molecule has 1 aliphatic rings. The third kappa shape index (κ3) is 7.90. The third-order valence-electron chi connectivity index (χ3n) is 6.08. The lowest BCUT2D eigenvalue weighted by Crippen LogP contribution is -2.49. The first-order valence-electron chi connectivity index (χ1n) is 12.3. The molecule has 0 radical (unpaired) electrons. The third-order valence-corrected chi connectivity index (χ3v) is 7.99. The van der Waals surface area contributed by atoms with Crippen LogP contribution in [0.25, 0.3) is 0 Å². The number of carbonyl (C=O) groups is 2. The van der Waals surface area contributed by atoms with Gasteiger partial charge in [-0.3, -0.25) is 9.59 Å². The fourth-order valence-electron chi connectivity index (χ4n) is 3.81. The van der Waals surface area contributed by atoms with Gasteiger partial charge < -0.3 is 29.2 Å². The number of amides is 2. The molecular weight excluding hydrogens is 514 g/mol. The van der Waals surface area contributed by atoms with Crippen LogP contribution in [0.15, 0.2) is 53.4 Å². The molecule has 2 amide bonds. The molecule has 3 rings (SSSR count). The first-order chi connectivity index (χ1) is 18.3. The molecule has 208 valence electrons. The summed E-state index contributed by atoms with van der Waals surface area (Å²) in [5.41, 5.74) is 0.813. The number of methoxy groups -OCH3 is 2. The van der Waals surface area contributed by atoms with E-state index in [9.17, 15) is 18.0 Å². The Morgan fingerprint density at radius 3 is 2.26 bits per heavy atom. The number of carbonyl (C=O) groups excluding carboxylic acids is 2. The number of hydrogen-bond donors (Lipinski definition) is 1. The second-order valence-electron chi connectivity index (χ2n) is 8.61. The van der Waals surface area contributed by atoms with Gasteiger partial charge in [-0.05, 0) is 48.9 Å². The molecule has 1 heterocycles. The van der Waals surface area contributed by atoms with Gasteiger partial charge in [0.1, 0.15) is 17.5 Å². The van der Waals surface area contributed by atoms with Gasteiger partial charge in [-0.1, -0.05) is 12.1 Å². The summed E-state index contributed by atoms with van der Waals surface area (Å²) in [6.45, 7) is 3.49. The Labute approximate surface area is 223 Å². The summed E-state index contributed by atoms with van der Waals surface area (Å²) in [5, 5.41) is 2.76. The van der Waals surface area contributed by atoms with Crippen molar-refractivity contribution < 1.29 is 37.0 Å². The van der Waals surface area contributed by atoms with Crippen molar-refractivity contribution >= 4 is 21.8 Å². The highest BCUT2D eigenvalue weighted by atomic mass is 32.2. The summed E-state index contributed by atoms with van der Waals surface area (Å²) in [4.78, 5) is 27.5. The molecule has 1 aliphatic heterocycles. The van der Waals surface area contributed by atoms with Gasteiger partial charge in [0.05, 0.1) is 31.8 Å². The molecule has 1 fully saturated rings. The van der Waals surface area contributed by atoms with E-state index in [1.54, 1.807) is 26.2 Å². The van der Waals surface area contributed by atoms with Crippen LogP contribution in [0.3, 0.4) is 0 Å². The molecule has 2 aromatic rings. The normalized spacial score (nSPS) is 14.9. The average Bonchev–Trinajstić information content (AvgIpc) is 2.95. The highest BCUT2D eigenvalue weighted by molar-refractivity contribution is 7.89. The van der Waals surface area contributed by atoms with Crippen molar-refractivity contribution in [3.63, 3.8) is 0 Å². The van der Waals surface area contributed by atoms with Crippen molar-refractivity contribution in [2.75, 3.05) is 60.3 Å². The molecule has 12 heteroatoms. The van der Waals surface area contributed by atoms with E-state index in [4.69, 9.17) is 18.9 Å². The lowest BCUT2D eigenvalue weighted by Gasteiger charge is -2.29. The molecule has 1 saturated heterocycles. The van der Waals surface area contributed by atoms with Gasteiger partial charge in [0.25, 0.3) is 5.91 Å². The minimum Gasteiger partial charge on any atom is -0.497 e. The first-order valence-corrected chi connectivity index (χ1v) is 13.7. The maximum Gasteiger partial charge on any atom is 0.261 e. The number of nitrogens with one attached hydrogen (secondary N) is 1. The second kappa shape index (κ2) is 14.1. The van der Waals surface area contributed by atoms with Crippen molar-refractivity contribution in [3.8, 4) is 11.5 Å². The first kappa shape index (κ1) is 29.4. The molecule has 0 aliphatic carbocycles. The Bertz CT molecular complexity index is 1150. The molecule has 1 atom stereocenters. The summed E-state index contributed by atoms with van der Waals surface area (Å²) >= 11 is 0. The van der Waals surface area contributed by atoms with E-state index >= 15 is 0 Å². The number of rotatable bonds is 13. The van der Waals surface area contributed by atoms with Crippen LogP contribution in [0, 0.1) is 0 Å². The summed E-state index contributed by atoms with van der Waals surface area (Å²) in [6, 6.07) is 12.4. The summed E-state index contributed by atoms with van der Waals surface area (Å²) < 4.78 is 48.1. The zero-order valence-electron chi connectivity index (χ0n) is 21.9. The SMILES string of the molecule is COCCNC(=O)C(C)N(Cc1ccc(OC)cc1)C(=O)COc1ccc(S(=O)(=O)N2CCOCC2)cc1. The standard InChI is InChI=1S/C26H35N3O8S/c1-20(26(31)27-12-15-34-2)29(18-21-4-6-22(35-3)7-5-21)25(30)19-37-23-8-10-24(11-9-23)38(32,33)28-13-16-36-17-14-28/h4-11,20H,12-19H2,1-3H3,(H,27,31). The highest BCUT2D eigenvalue weighted by Crippen LogP contribution is 2.21. The Hall–Kier alpha value is -3.19. The van der Waals surface area contributed by atoms with Crippen LogP contribution in [0.5, 0.6) is 11.5 Å². The van der Waals surface area contributed by atoms with Crippen molar-refractivity contribution in [2.45, 2.75) is 24.4 Å². The molecule has 1 N–H and O–H groups in total. The number of hydrogen-bond acceptors (Lipinski definition) is 8. The fourth-order valence-corrected chi connectivity index (χ4v) is 5.21. The maximum atomic E-state index is 13.2. The van der Waals surface area contributed by atoms with Crippen molar-refractivity contribution in [2.24, 2.45) is 0 Å². The van der Waals surface area contributed by atoms with Crippen LogP contribution in [-0.4, -0.2) is 95.8 Å².